The maximum atomic E-state index is 5.01. The summed E-state index contributed by atoms with van der Waals surface area (Å²) >= 11 is 3.31. The van der Waals surface area contributed by atoms with Gasteiger partial charge in [0.1, 0.15) is 18.1 Å². The molecule has 0 unspecified atom stereocenters. The summed E-state index contributed by atoms with van der Waals surface area (Å²) in [6.45, 7) is 1.30. The van der Waals surface area contributed by atoms with Crippen molar-refractivity contribution in [1.82, 2.24) is 9.55 Å². The van der Waals surface area contributed by atoms with Crippen molar-refractivity contribution in [3.8, 4) is 0 Å². The van der Waals surface area contributed by atoms with Crippen LogP contribution in [0.2, 0.25) is 0 Å². The Morgan fingerprint density at radius 1 is 1.64 bits per heavy atom. The van der Waals surface area contributed by atoms with Crippen LogP contribution in [0, 0.1) is 0 Å². The van der Waals surface area contributed by atoms with Crippen LogP contribution in [0.5, 0.6) is 0 Å². The van der Waals surface area contributed by atoms with Crippen LogP contribution in [0.4, 0.5) is 5.95 Å². The molecule has 1 saturated heterocycles. The zero-order valence-corrected chi connectivity index (χ0v) is 7.71. The van der Waals surface area contributed by atoms with Crippen molar-refractivity contribution in [1.29, 1.82) is 0 Å². The highest BCUT2D eigenvalue weighted by Gasteiger charge is 2.19. The highest BCUT2D eigenvalue weighted by Crippen LogP contribution is 2.19. The molecule has 0 N–H and O–H groups in total. The van der Waals surface area contributed by atoms with Gasteiger partial charge in [0.25, 0.3) is 0 Å². The summed E-state index contributed by atoms with van der Waals surface area (Å²) in [5.74, 6) is 0.947. The van der Waals surface area contributed by atoms with Gasteiger partial charge >= 0.3 is 0 Å². The molecule has 0 bridgehead atoms. The summed E-state index contributed by atoms with van der Waals surface area (Å²) < 4.78 is 7.84. The number of imidazole rings is 1. The number of nitrogens with zero attached hydrogens (tertiary/aromatic N) is 3. The van der Waals surface area contributed by atoms with E-state index in [-0.39, 0.29) is 0 Å². The number of ether oxygens (including phenoxy) is 1. The Morgan fingerprint density at radius 2 is 2.36 bits per heavy atom. The van der Waals surface area contributed by atoms with Gasteiger partial charge in [-0.3, -0.25) is 4.90 Å². The Bertz CT molecular complexity index is 269. The van der Waals surface area contributed by atoms with Gasteiger partial charge in [-0.15, -0.1) is 0 Å². The topological polar surface area (TPSA) is 30.3 Å². The van der Waals surface area contributed by atoms with Gasteiger partial charge in [0.15, 0.2) is 0 Å². The zero-order valence-electron chi connectivity index (χ0n) is 6.12. The normalized spacial score (nSPS) is 16.7. The standard InChI is InChI=1S/C6H8BrN3O/c1-9-2-5(7)8-6(9)10-3-11-4-10/h2H,3-4H2,1H3. The molecule has 2 rings (SSSR count). The molecule has 1 fully saturated rings. The molecule has 0 saturated carbocycles. The van der Waals surface area contributed by atoms with E-state index in [0.29, 0.717) is 13.5 Å². The fourth-order valence-electron chi connectivity index (χ4n) is 1.01. The minimum atomic E-state index is 0.650. The first-order valence-corrected chi connectivity index (χ1v) is 4.08. The molecular formula is C6H8BrN3O. The van der Waals surface area contributed by atoms with E-state index in [4.69, 9.17) is 4.74 Å². The fraction of sp³-hybridized carbons (Fsp3) is 0.500. The third-order valence-corrected chi connectivity index (χ3v) is 1.98. The number of halogens is 1. The summed E-state index contributed by atoms with van der Waals surface area (Å²) in [6.07, 6.45) is 1.92. The molecule has 1 aliphatic rings. The molecule has 60 valence electrons. The smallest absolute Gasteiger partial charge is 0.210 e. The maximum absolute atomic E-state index is 5.01. The van der Waals surface area contributed by atoms with Gasteiger partial charge in [-0.1, -0.05) is 0 Å². The molecule has 1 aromatic heterocycles. The lowest BCUT2D eigenvalue weighted by atomic mass is 10.7. The van der Waals surface area contributed by atoms with Crippen molar-refractivity contribution in [2.75, 3.05) is 18.4 Å². The van der Waals surface area contributed by atoms with Crippen molar-refractivity contribution in [2.45, 2.75) is 0 Å². The molecule has 4 nitrogen and oxygen atoms in total. The third kappa shape index (κ3) is 1.14. The Kier molecular flexibility index (Phi) is 1.61. The van der Waals surface area contributed by atoms with Crippen molar-refractivity contribution < 1.29 is 4.74 Å². The summed E-state index contributed by atoms with van der Waals surface area (Å²) in [6, 6.07) is 0. The number of aromatic nitrogens is 2. The van der Waals surface area contributed by atoms with Gasteiger partial charge in [-0.2, -0.15) is 0 Å². The molecule has 11 heavy (non-hydrogen) atoms. The van der Waals surface area contributed by atoms with E-state index < -0.39 is 0 Å². The Morgan fingerprint density at radius 3 is 2.73 bits per heavy atom. The van der Waals surface area contributed by atoms with Crippen LogP contribution in [-0.4, -0.2) is 23.0 Å². The summed E-state index contributed by atoms with van der Waals surface area (Å²) in [5.41, 5.74) is 0. The predicted octanol–water partition coefficient (Wildman–Crippen LogP) is 0.934. The highest BCUT2D eigenvalue weighted by atomic mass is 79.9. The van der Waals surface area contributed by atoms with Crippen LogP contribution in [0.25, 0.3) is 0 Å². The van der Waals surface area contributed by atoms with Crippen molar-refractivity contribution in [3.63, 3.8) is 0 Å². The largest absolute Gasteiger partial charge is 0.340 e. The number of rotatable bonds is 1. The van der Waals surface area contributed by atoms with E-state index in [1.807, 2.05) is 22.7 Å². The fourth-order valence-corrected chi connectivity index (χ4v) is 1.48. The van der Waals surface area contributed by atoms with Crippen molar-refractivity contribution in [2.24, 2.45) is 7.05 Å². The first-order chi connectivity index (χ1) is 5.27. The van der Waals surface area contributed by atoms with Crippen LogP contribution in [-0.2, 0) is 11.8 Å². The molecule has 5 heteroatoms. The Labute approximate surface area is 72.9 Å². The van der Waals surface area contributed by atoms with Gasteiger partial charge < -0.3 is 9.30 Å². The molecule has 1 aromatic rings. The summed E-state index contributed by atoms with van der Waals surface area (Å²) in [5, 5.41) is 0. The van der Waals surface area contributed by atoms with Crippen LogP contribution >= 0.6 is 15.9 Å². The third-order valence-electron chi connectivity index (χ3n) is 1.60. The zero-order chi connectivity index (χ0) is 7.84. The van der Waals surface area contributed by atoms with Crippen molar-refractivity contribution >= 4 is 21.9 Å². The lowest BCUT2D eigenvalue weighted by Crippen LogP contribution is -2.41. The number of hydrogen-bond acceptors (Lipinski definition) is 3. The van der Waals surface area contributed by atoms with Gasteiger partial charge in [0.05, 0.1) is 0 Å². The number of hydrogen-bond donors (Lipinski definition) is 0. The highest BCUT2D eigenvalue weighted by molar-refractivity contribution is 9.10. The number of anilines is 1. The first-order valence-electron chi connectivity index (χ1n) is 3.29. The van der Waals surface area contributed by atoms with E-state index in [1.165, 1.54) is 0 Å². The van der Waals surface area contributed by atoms with Gasteiger partial charge in [0.2, 0.25) is 5.95 Å². The van der Waals surface area contributed by atoms with Gasteiger partial charge in [-0.05, 0) is 15.9 Å². The average molecular weight is 218 g/mol. The summed E-state index contributed by atoms with van der Waals surface area (Å²) in [7, 11) is 1.96. The molecule has 0 radical (unpaired) electrons. The average Bonchev–Trinajstić information content (AvgIpc) is 2.07. The second-order valence-electron chi connectivity index (χ2n) is 2.48. The van der Waals surface area contributed by atoms with E-state index in [2.05, 4.69) is 20.9 Å². The van der Waals surface area contributed by atoms with Gasteiger partial charge in [-0.25, -0.2) is 4.98 Å². The molecule has 0 spiro atoms. The van der Waals surface area contributed by atoms with Crippen molar-refractivity contribution in [3.05, 3.63) is 10.8 Å². The van der Waals surface area contributed by atoms with E-state index in [0.717, 1.165) is 10.6 Å². The summed E-state index contributed by atoms with van der Waals surface area (Å²) in [4.78, 5) is 6.30. The lowest BCUT2D eigenvalue weighted by Gasteiger charge is -2.31. The van der Waals surface area contributed by atoms with E-state index in [9.17, 15) is 0 Å². The minimum Gasteiger partial charge on any atom is -0.340 e. The molecule has 2 heterocycles. The Balaban J connectivity index is 2.28. The monoisotopic (exact) mass is 217 g/mol. The van der Waals surface area contributed by atoms with Crippen LogP contribution in [0.15, 0.2) is 10.8 Å². The van der Waals surface area contributed by atoms with E-state index >= 15 is 0 Å². The van der Waals surface area contributed by atoms with Crippen LogP contribution in [0.1, 0.15) is 0 Å². The minimum absolute atomic E-state index is 0.650. The molecule has 0 aromatic carbocycles. The molecule has 1 aliphatic heterocycles. The Hall–Kier alpha value is -0.550. The maximum Gasteiger partial charge on any atom is 0.210 e. The van der Waals surface area contributed by atoms with Gasteiger partial charge in [0, 0.05) is 13.2 Å². The molecule has 0 amide bonds. The van der Waals surface area contributed by atoms with E-state index in [1.54, 1.807) is 0 Å². The first kappa shape index (κ1) is 7.12. The predicted molar refractivity (Wildman–Crippen MR) is 44.2 cm³/mol. The molecular weight excluding hydrogens is 210 g/mol. The molecule has 0 aliphatic carbocycles. The second kappa shape index (κ2) is 2.49. The lowest BCUT2D eigenvalue weighted by molar-refractivity contribution is 0.0378. The number of aryl methyl sites for hydroxylation is 1. The van der Waals surface area contributed by atoms with Crippen LogP contribution in [0.3, 0.4) is 0 Å². The second-order valence-corrected chi connectivity index (χ2v) is 3.29. The van der Waals surface area contributed by atoms with Crippen LogP contribution < -0.4 is 4.90 Å². The molecule has 0 atom stereocenters. The SMILES string of the molecule is Cn1cc(Br)nc1N1COC1. The quantitative estimate of drug-likeness (QED) is 0.702.